The van der Waals surface area contributed by atoms with Gasteiger partial charge in [-0.1, -0.05) is 0 Å². The van der Waals surface area contributed by atoms with Crippen molar-refractivity contribution in [2.45, 2.75) is 24.6 Å². The number of methoxy groups -OCH3 is 1. The lowest BCUT2D eigenvalue weighted by Crippen LogP contribution is -2.50. The van der Waals surface area contributed by atoms with Gasteiger partial charge in [-0.05, 0) is 32.0 Å². The summed E-state index contributed by atoms with van der Waals surface area (Å²) in [6.07, 6.45) is 1.38. The fraction of sp³-hybridized carbons (Fsp3) is 0.312. The predicted molar refractivity (Wildman–Crippen MR) is 98.7 cm³/mol. The summed E-state index contributed by atoms with van der Waals surface area (Å²) in [5, 5.41) is 14.7. The number of carboxylic acid groups (broad SMARTS) is 1. The molecule has 0 aliphatic rings. The summed E-state index contributed by atoms with van der Waals surface area (Å²) >= 11 is -2.44. The molecule has 0 saturated heterocycles. The Morgan fingerprint density at radius 3 is 2.56 bits per heavy atom. The van der Waals surface area contributed by atoms with Gasteiger partial charge in [0.1, 0.15) is 11.9 Å². The highest BCUT2D eigenvalue weighted by Crippen LogP contribution is 2.27. The van der Waals surface area contributed by atoms with Gasteiger partial charge in [-0.3, -0.25) is 10.1 Å². The molecule has 0 aliphatic heterocycles. The Hall–Kier alpha value is -2.92. The average molecular weight is 397 g/mol. The van der Waals surface area contributed by atoms with Crippen molar-refractivity contribution >= 4 is 46.5 Å². The van der Waals surface area contributed by atoms with Crippen LogP contribution in [0.25, 0.3) is 5.52 Å². The van der Waals surface area contributed by atoms with Gasteiger partial charge in [-0.2, -0.15) is 0 Å². The highest BCUT2D eigenvalue weighted by atomic mass is 32.2. The first kappa shape index (κ1) is 20.4. The van der Waals surface area contributed by atoms with Crippen LogP contribution in [-0.2, 0) is 20.6 Å². The highest BCUT2D eigenvalue weighted by molar-refractivity contribution is 7.80. The van der Waals surface area contributed by atoms with Gasteiger partial charge in [0.05, 0.1) is 17.4 Å². The van der Waals surface area contributed by atoms with Crippen LogP contribution in [0.4, 0.5) is 16.3 Å². The van der Waals surface area contributed by atoms with E-state index in [2.05, 4.69) is 15.4 Å². The summed E-state index contributed by atoms with van der Waals surface area (Å²) in [6.45, 7) is 2.65. The van der Waals surface area contributed by atoms with Crippen LogP contribution in [0.5, 0.6) is 0 Å². The Labute approximate surface area is 156 Å². The van der Waals surface area contributed by atoms with E-state index in [-0.39, 0.29) is 11.4 Å². The van der Waals surface area contributed by atoms with E-state index >= 15 is 0 Å². The van der Waals surface area contributed by atoms with Crippen LogP contribution in [0.15, 0.2) is 24.4 Å². The van der Waals surface area contributed by atoms with E-state index in [0.29, 0.717) is 17.5 Å². The minimum absolute atomic E-state index is 0.149. The molecule has 0 saturated carbocycles. The van der Waals surface area contributed by atoms with Crippen LogP contribution in [0.3, 0.4) is 0 Å². The molecule has 0 fully saturated rings. The molecule has 0 aromatic carbocycles. The number of fused-ring (bicyclic) bond motifs is 1. The van der Waals surface area contributed by atoms with Crippen LogP contribution in [0.1, 0.15) is 24.2 Å². The van der Waals surface area contributed by atoms with E-state index in [1.165, 1.54) is 43.7 Å². The second-order valence-corrected chi connectivity index (χ2v) is 7.71. The number of rotatable bonds is 7. The lowest BCUT2D eigenvalue weighted by atomic mass is 10.0. The Morgan fingerprint density at radius 1 is 1.37 bits per heavy atom. The van der Waals surface area contributed by atoms with Gasteiger partial charge in [-0.15, -0.1) is 0 Å². The number of hydrogen-bond acceptors (Lipinski definition) is 6. The molecule has 0 radical (unpaired) electrons. The van der Waals surface area contributed by atoms with Crippen LogP contribution in [0, 0.1) is 0 Å². The van der Waals surface area contributed by atoms with Crippen molar-refractivity contribution in [1.29, 1.82) is 0 Å². The summed E-state index contributed by atoms with van der Waals surface area (Å²) in [6, 6.07) is 3.11. The zero-order valence-electron chi connectivity index (χ0n) is 14.8. The molecule has 2 atom stereocenters. The first-order valence-corrected chi connectivity index (χ1v) is 8.78. The number of carboxylic acids is 1. The van der Waals surface area contributed by atoms with Crippen molar-refractivity contribution in [3.8, 4) is 0 Å². The Bertz CT molecular complexity index is 922. The zero-order valence-corrected chi connectivity index (χ0v) is 15.6. The van der Waals surface area contributed by atoms with Crippen molar-refractivity contribution in [2.24, 2.45) is 0 Å². The number of nitrogens with one attached hydrogen (secondary N) is 2. The third kappa shape index (κ3) is 4.09. The van der Waals surface area contributed by atoms with E-state index in [4.69, 9.17) is 0 Å². The van der Waals surface area contributed by atoms with E-state index < -0.39 is 33.9 Å². The quantitative estimate of drug-likeness (QED) is 0.408. The first-order valence-electron chi connectivity index (χ1n) is 7.67. The number of nitrogens with zero attached hydrogens (tertiary/aromatic N) is 1. The molecule has 1 amide bonds. The summed E-state index contributed by atoms with van der Waals surface area (Å²) in [7, 11) is 1.22. The molecule has 0 aliphatic carbocycles. The molecule has 2 rings (SSSR count). The average Bonchev–Trinajstić information content (AvgIpc) is 2.95. The van der Waals surface area contributed by atoms with Crippen LogP contribution in [-0.4, -0.2) is 54.5 Å². The zero-order chi connectivity index (χ0) is 20.4. The largest absolute Gasteiger partial charge is 0.480 e. The molecule has 2 heterocycles. The maximum absolute atomic E-state index is 11.7. The molecule has 1 unspecified atom stereocenters. The van der Waals surface area contributed by atoms with Crippen molar-refractivity contribution in [3.05, 3.63) is 30.0 Å². The van der Waals surface area contributed by atoms with Gasteiger partial charge < -0.3 is 24.1 Å². The molecule has 10 nitrogen and oxygen atoms in total. The van der Waals surface area contributed by atoms with Crippen LogP contribution < -0.4 is 10.6 Å². The van der Waals surface area contributed by atoms with Crippen molar-refractivity contribution in [2.75, 3.05) is 17.7 Å². The van der Waals surface area contributed by atoms with Gasteiger partial charge in [-0.25, -0.2) is 13.8 Å². The van der Waals surface area contributed by atoms with E-state index in [1.54, 1.807) is 6.07 Å². The maximum atomic E-state index is 11.7. The number of carbonyl (C=O) groups excluding carboxylic acids is 2. The lowest BCUT2D eigenvalue weighted by molar-refractivity contribution is -0.138. The Morgan fingerprint density at radius 2 is 2.04 bits per heavy atom. The maximum Gasteiger partial charge on any atom is 0.411 e. The molecule has 0 spiro atoms. The Balaban J connectivity index is 2.50. The number of aliphatic carboxylic acids is 1. The van der Waals surface area contributed by atoms with Gasteiger partial charge in [0, 0.05) is 17.4 Å². The molecule has 0 bridgehead atoms. The first-order chi connectivity index (χ1) is 12.6. The van der Waals surface area contributed by atoms with E-state index in [9.17, 15) is 28.3 Å². The number of ether oxygens (including phenoxy) is 1. The molecular formula is C16H19N3O7S. The fourth-order valence-electron chi connectivity index (χ4n) is 2.46. The number of aromatic nitrogens is 1. The number of pyridine rings is 1. The Kier molecular flexibility index (Phi) is 5.86. The fourth-order valence-corrected chi connectivity index (χ4v) is 2.82. The second kappa shape index (κ2) is 7.76. The molecule has 27 heavy (non-hydrogen) atoms. The summed E-state index contributed by atoms with van der Waals surface area (Å²) in [5.41, 5.74) is 1.04. The molecule has 2 aromatic heterocycles. The monoisotopic (exact) mass is 397 g/mol. The third-order valence-electron chi connectivity index (χ3n) is 4.03. The predicted octanol–water partition coefficient (Wildman–Crippen LogP) is 1.80. The molecule has 4 N–H and O–H groups in total. The normalized spacial score (nSPS) is 13.6. The molecule has 11 heteroatoms. The van der Waals surface area contributed by atoms with Gasteiger partial charge in [0.25, 0.3) is 0 Å². The molecular weight excluding hydrogens is 378 g/mol. The topological polar surface area (TPSA) is 146 Å². The standard InChI is InChI=1S/C16H19N3O7S/c1-16(2,27(24)25)12(14(21)22)18-13-9(8-20)6-11-7-10(4-5-19(11)13)17-15(23)26-3/h4-8,12,18H,1-3H3,(H,17,23)(H,21,22)(H,24,25)/t12-/m0/s1. The third-order valence-corrected chi connectivity index (χ3v) is 5.17. The summed E-state index contributed by atoms with van der Waals surface area (Å²) in [5.74, 6) is -1.20. The van der Waals surface area contributed by atoms with Crippen molar-refractivity contribution in [1.82, 2.24) is 4.40 Å². The molecule has 146 valence electrons. The number of aldehydes is 1. The smallest absolute Gasteiger partial charge is 0.411 e. The number of hydrogen-bond donors (Lipinski definition) is 4. The van der Waals surface area contributed by atoms with E-state index in [0.717, 1.165) is 0 Å². The highest BCUT2D eigenvalue weighted by Gasteiger charge is 2.41. The van der Waals surface area contributed by atoms with Crippen molar-refractivity contribution < 1.29 is 33.0 Å². The van der Waals surface area contributed by atoms with Crippen LogP contribution in [0.2, 0.25) is 0 Å². The summed E-state index contributed by atoms with van der Waals surface area (Å²) in [4.78, 5) is 34.4. The number of carbonyl (C=O) groups is 3. The molecule has 2 aromatic rings. The van der Waals surface area contributed by atoms with Gasteiger partial charge >= 0.3 is 12.1 Å². The minimum Gasteiger partial charge on any atom is -0.480 e. The number of amides is 1. The summed E-state index contributed by atoms with van der Waals surface area (Å²) < 4.78 is 25.5. The minimum atomic E-state index is -2.44. The van der Waals surface area contributed by atoms with Gasteiger partial charge in [0.15, 0.2) is 17.4 Å². The van der Waals surface area contributed by atoms with E-state index in [1.807, 2.05) is 0 Å². The number of anilines is 2. The lowest BCUT2D eigenvalue weighted by Gasteiger charge is -2.29. The van der Waals surface area contributed by atoms with Gasteiger partial charge in [0.2, 0.25) is 0 Å². The SMILES string of the molecule is COC(=O)Nc1ccn2c(N[C@@H](C(=O)O)C(C)(C)S(=O)O)c(C=O)cc2c1. The van der Waals surface area contributed by atoms with Crippen LogP contribution >= 0.6 is 0 Å². The second-order valence-electron chi connectivity index (χ2n) is 6.16. The van der Waals surface area contributed by atoms with Crippen molar-refractivity contribution in [3.63, 3.8) is 0 Å².